The van der Waals surface area contributed by atoms with Gasteiger partial charge in [-0.25, -0.2) is 0 Å². The van der Waals surface area contributed by atoms with Crippen molar-refractivity contribution in [2.75, 3.05) is 33.0 Å². The lowest BCUT2D eigenvalue weighted by Crippen LogP contribution is -2.54. The molecule has 1 spiro atoms. The standard InChI is InChI=1S/C13H23NO4/c1-2-14-11-3-4-13(16-5-6-17-13)7-12(11)18-10-8-15-9-10/h10-12,14H,2-9H2,1H3. The molecule has 1 saturated carbocycles. The van der Waals surface area contributed by atoms with Crippen LogP contribution in [-0.2, 0) is 18.9 Å². The van der Waals surface area contributed by atoms with Crippen LogP contribution in [0.4, 0.5) is 0 Å². The van der Waals surface area contributed by atoms with Crippen molar-refractivity contribution in [1.82, 2.24) is 5.32 Å². The van der Waals surface area contributed by atoms with E-state index in [0.717, 1.165) is 39.0 Å². The third-order valence-electron chi connectivity index (χ3n) is 4.05. The number of hydrogen-bond donors (Lipinski definition) is 1. The molecular formula is C13H23NO4. The molecular weight excluding hydrogens is 234 g/mol. The fourth-order valence-electron chi connectivity index (χ4n) is 3.05. The van der Waals surface area contributed by atoms with Crippen molar-refractivity contribution in [1.29, 1.82) is 0 Å². The van der Waals surface area contributed by atoms with E-state index in [-0.39, 0.29) is 18.0 Å². The van der Waals surface area contributed by atoms with Gasteiger partial charge in [-0.05, 0) is 13.0 Å². The smallest absolute Gasteiger partial charge is 0.171 e. The normalized spacial score (nSPS) is 35.8. The van der Waals surface area contributed by atoms with E-state index < -0.39 is 0 Å². The number of rotatable bonds is 4. The van der Waals surface area contributed by atoms with Crippen molar-refractivity contribution in [3.63, 3.8) is 0 Å². The predicted octanol–water partition coefficient (Wildman–Crippen LogP) is 0.676. The van der Waals surface area contributed by atoms with Crippen molar-refractivity contribution in [2.24, 2.45) is 0 Å². The Morgan fingerprint density at radius 3 is 2.67 bits per heavy atom. The molecule has 5 nitrogen and oxygen atoms in total. The Morgan fingerprint density at radius 1 is 1.28 bits per heavy atom. The zero-order valence-electron chi connectivity index (χ0n) is 11.0. The van der Waals surface area contributed by atoms with Crippen LogP contribution in [0.2, 0.25) is 0 Å². The van der Waals surface area contributed by atoms with E-state index in [1.54, 1.807) is 0 Å². The summed E-state index contributed by atoms with van der Waals surface area (Å²) in [6.07, 6.45) is 3.28. The van der Waals surface area contributed by atoms with Crippen molar-refractivity contribution in [3.8, 4) is 0 Å². The largest absolute Gasteiger partial charge is 0.376 e. The molecule has 0 aromatic heterocycles. The van der Waals surface area contributed by atoms with Crippen LogP contribution >= 0.6 is 0 Å². The molecule has 1 N–H and O–H groups in total. The van der Waals surface area contributed by atoms with Gasteiger partial charge < -0.3 is 24.3 Å². The summed E-state index contributed by atoms with van der Waals surface area (Å²) in [7, 11) is 0. The quantitative estimate of drug-likeness (QED) is 0.802. The summed E-state index contributed by atoms with van der Waals surface area (Å²) in [5.74, 6) is -0.374. The summed E-state index contributed by atoms with van der Waals surface area (Å²) in [4.78, 5) is 0. The molecule has 5 heteroatoms. The molecule has 0 aromatic carbocycles. The van der Waals surface area contributed by atoms with Gasteiger partial charge in [0.1, 0.15) is 6.10 Å². The summed E-state index contributed by atoms with van der Waals surface area (Å²) >= 11 is 0. The van der Waals surface area contributed by atoms with Crippen molar-refractivity contribution >= 4 is 0 Å². The molecule has 2 atom stereocenters. The van der Waals surface area contributed by atoms with Crippen LogP contribution in [0.3, 0.4) is 0 Å². The summed E-state index contributed by atoms with van der Waals surface area (Å²) < 4.78 is 22.9. The van der Waals surface area contributed by atoms with E-state index >= 15 is 0 Å². The first kappa shape index (κ1) is 12.8. The molecule has 0 radical (unpaired) electrons. The number of likely N-dealkylation sites (N-methyl/N-ethyl adjacent to an activating group) is 1. The zero-order chi connectivity index (χ0) is 12.4. The van der Waals surface area contributed by atoms with Crippen LogP contribution in [0.25, 0.3) is 0 Å². The summed E-state index contributed by atoms with van der Waals surface area (Å²) in [6.45, 7) is 5.99. The molecule has 1 aliphatic carbocycles. The molecule has 3 aliphatic rings. The van der Waals surface area contributed by atoms with Gasteiger partial charge >= 0.3 is 0 Å². The number of hydrogen-bond acceptors (Lipinski definition) is 5. The second-order valence-corrected chi connectivity index (χ2v) is 5.35. The minimum absolute atomic E-state index is 0.172. The van der Waals surface area contributed by atoms with Gasteiger partial charge in [-0.3, -0.25) is 0 Å². The lowest BCUT2D eigenvalue weighted by molar-refractivity contribution is -0.232. The van der Waals surface area contributed by atoms with Gasteiger partial charge in [0.05, 0.1) is 32.5 Å². The lowest BCUT2D eigenvalue weighted by Gasteiger charge is -2.43. The van der Waals surface area contributed by atoms with E-state index in [4.69, 9.17) is 18.9 Å². The SMILES string of the molecule is CCNC1CCC2(CC1OC1COC1)OCCO2. The summed E-state index contributed by atoms with van der Waals surface area (Å²) in [5.41, 5.74) is 0. The first-order chi connectivity index (χ1) is 8.81. The molecule has 2 saturated heterocycles. The average molecular weight is 257 g/mol. The zero-order valence-corrected chi connectivity index (χ0v) is 11.0. The van der Waals surface area contributed by atoms with Gasteiger partial charge in [-0.1, -0.05) is 6.92 Å². The van der Waals surface area contributed by atoms with E-state index in [1.807, 2.05) is 0 Å². The molecule has 2 aliphatic heterocycles. The van der Waals surface area contributed by atoms with Gasteiger partial charge in [-0.2, -0.15) is 0 Å². The van der Waals surface area contributed by atoms with Crippen LogP contribution in [0, 0.1) is 0 Å². The Bertz CT molecular complexity index is 276. The lowest BCUT2D eigenvalue weighted by atomic mass is 9.87. The minimum atomic E-state index is -0.374. The van der Waals surface area contributed by atoms with Gasteiger partial charge in [-0.15, -0.1) is 0 Å². The van der Waals surface area contributed by atoms with Crippen molar-refractivity contribution in [3.05, 3.63) is 0 Å². The van der Waals surface area contributed by atoms with E-state index in [2.05, 4.69) is 12.2 Å². The maximum atomic E-state index is 6.13. The molecule has 0 aromatic rings. The second-order valence-electron chi connectivity index (χ2n) is 5.35. The highest BCUT2D eigenvalue weighted by molar-refractivity contribution is 4.93. The molecule has 104 valence electrons. The molecule has 2 heterocycles. The third-order valence-corrected chi connectivity index (χ3v) is 4.05. The second kappa shape index (κ2) is 5.43. The summed E-state index contributed by atoms with van der Waals surface area (Å²) in [5, 5.41) is 3.52. The molecule has 3 rings (SSSR count). The Balaban J connectivity index is 1.62. The van der Waals surface area contributed by atoms with Crippen molar-refractivity contribution < 1.29 is 18.9 Å². The van der Waals surface area contributed by atoms with E-state index in [0.29, 0.717) is 19.3 Å². The first-order valence-electron chi connectivity index (χ1n) is 7.06. The van der Waals surface area contributed by atoms with Crippen LogP contribution in [0.15, 0.2) is 0 Å². The van der Waals surface area contributed by atoms with Gasteiger partial charge in [0, 0.05) is 18.9 Å². The Kier molecular flexibility index (Phi) is 3.86. The molecule has 18 heavy (non-hydrogen) atoms. The first-order valence-corrected chi connectivity index (χ1v) is 7.06. The maximum Gasteiger partial charge on any atom is 0.171 e. The average Bonchev–Trinajstić information content (AvgIpc) is 2.76. The van der Waals surface area contributed by atoms with Crippen molar-refractivity contribution in [2.45, 2.75) is 50.2 Å². The Morgan fingerprint density at radius 2 is 2.06 bits per heavy atom. The number of nitrogens with one attached hydrogen (secondary N) is 1. The topological polar surface area (TPSA) is 49.0 Å². The van der Waals surface area contributed by atoms with E-state index in [9.17, 15) is 0 Å². The molecule has 0 amide bonds. The molecule has 0 bridgehead atoms. The van der Waals surface area contributed by atoms with Gasteiger partial charge in [0.2, 0.25) is 0 Å². The van der Waals surface area contributed by atoms with Crippen LogP contribution in [-0.4, -0.2) is 57.0 Å². The highest BCUT2D eigenvalue weighted by Crippen LogP contribution is 2.37. The fourth-order valence-corrected chi connectivity index (χ4v) is 3.05. The third kappa shape index (κ3) is 2.56. The monoisotopic (exact) mass is 257 g/mol. The highest BCUT2D eigenvalue weighted by atomic mass is 16.7. The maximum absolute atomic E-state index is 6.13. The van der Waals surface area contributed by atoms with Gasteiger partial charge in [0.25, 0.3) is 0 Å². The highest BCUT2D eigenvalue weighted by Gasteiger charge is 2.46. The molecule has 3 fully saturated rings. The fraction of sp³-hybridized carbons (Fsp3) is 1.00. The molecule has 2 unspecified atom stereocenters. The summed E-state index contributed by atoms with van der Waals surface area (Å²) in [6, 6.07) is 0.411. The number of ether oxygens (including phenoxy) is 4. The van der Waals surface area contributed by atoms with Crippen LogP contribution in [0.5, 0.6) is 0 Å². The predicted molar refractivity (Wildman–Crippen MR) is 65.4 cm³/mol. The van der Waals surface area contributed by atoms with Crippen LogP contribution in [0.1, 0.15) is 26.2 Å². The Hall–Kier alpha value is -0.200. The van der Waals surface area contributed by atoms with E-state index in [1.165, 1.54) is 0 Å². The van der Waals surface area contributed by atoms with Crippen LogP contribution < -0.4 is 5.32 Å². The minimum Gasteiger partial charge on any atom is -0.376 e. The van der Waals surface area contributed by atoms with Gasteiger partial charge in [0.15, 0.2) is 5.79 Å². The Labute approximate surface area is 108 Å².